The molecule has 0 saturated carbocycles. The first-order chi connectivity index (χ1) is 5.82. The summed E-state index contributed by atoms with van der Waals surface area (Å²) in [5.74, 6) is -0.686. The molecule has 0 radical (unpaired) electrons. The van der Waals surface area contributed by atoms with Crippen molar-refractivity contribution >= 4 is 33.0 Å². The fraction of sp³-hybridized carbons (Fsp3) is 0.333. The highest BCUT2D eigenvalue weighted by Crippen LogP contribution is 2.38. The molecule has 0 atom stereocenters. The van der Waals surface area contributed by atoms with Crippen molar-refractivity contribution in [2.45, 2.75) is 13.1 Å². The molecular weight excluding hydrogens is 271 g/mol. The van der Waals surface area contributed by atoms with E-state index in [0.29, 0.717) is 11.3 Å². The molecule has 13 heavy (non-hydrogen) atoms. The monoisotopic (exact) mass is 273 g/mol. The molecule has 0 spiro atoms. The summed E-state index contributed by atoms with van der Waals surface area (Å²) in [5.41, 5.74) is -0.524. The van der Waals surface area contributed by atoms with Crippen LogP contribution in [0.25, 0.3) is 0 Å². The lowest BCUT2D eigenvalue weighted by Crippen LogP contribution is -2.08. The van der Waals surface area contributed by atoms with Gasteiger partial charge in [0.1, 0.15) is 10.6 Å². The number of aromatic nitrogens is 1. The second kappa shape index (κ2) is 3.38. The lowest BCUT2D eigenvalue weighted by Gasteiger charge is -2.02. The van der Waals surface area contributed by atoms with Crippen molar-refractivity contribution in [3.05, 3.63) is 14.5 Å². The third kappa shape index (κ3) is 2.28. The summed E-state index contributed by atoms with van der Waals surface area (Å²) in [6, 6.07) is 0. The quantitative estimate of drug-likeness (QED) is 0.736. The summed E-state index contributed by atoms with van der Waals surface area (Å²) in [6.45, 7) is 1.05. The zero-order valence-electron chi connectivity index (χ0n) is 6.28. The first-order valence-electron chi connectivity index (χ1n) is 3.07. The number of carbonyl (C=O) groups is 1. The largest absolute Gasteiger partial charge is 0.427 e. The smallest absolute Gasteiger partial charge is 0.293 e. The Morgan fingerprint density at radius 3 is 2.38 bits per heavy atom. The van der Waals surface area contributed by atoms with Crippen LogP contribution in [0.1, 0.15) is 22.3 Å². The van der Waals surface area contributed by atoms with Gasteiger partial charge in [-0.2, -0.15) is 13.2 Å². The third-order valence-corrected chi connectivity index (χ3v) is 2.74. The molecule has 0 aliphatic carbocycles. The molecule has 1 heterocycles. The third-order valence-electron chi connectivity index (χ3n) is 1.19. The van der Waals surface area contributed by atoms with Gasteiger partial charge in [-0.3, -0.25) is 4.79 Å². The minimum absolute atomic E-state index is 0.0602. The number of rotatable bonds is 1. The Bertz CT molecular complexity index is 346. The molecule has 0 saturated heterocycles. The maximum absolute atomic E-state index is 12.2. The molecule has 2 nitrogen and oxygen atoms in total. The van der Waals surface area contributed by atoms with E-state index < -0.39 is 22.5 Å². The SMILES string of the molecule is CC(=O)c1nc(Br)sc1C(F)(F)F. The van der Waals surface area contributed by atoms with Crippen LogP contribution in [0, 0.1) is 0 Å². The van der Waals surface area contributed by atoms with Gasteiger partial charge in [-0.05, 0) is 15.9 Å². The lowest BCUT2D eigenvalue weighted by molar-refractivity contribution is -0.134. The van der Waals surface area contributed by atoms with Gasteiger partial charge in [-0.15, -0.1) is 11.3 Å². The number of Topliss-reactive ketones (excluding diaryl/α,β-unsaturated/α-hetero) is 1. The van der Waals surface area contributed by atoms with Gasteiger partial charge in [-0.25, -0.2) is 4.98 Å². The van der Waals surface area contributed by atoms with Gasteiger partial charge in [0, 0.05) is 6.92 Å². The Morgan fingerprint density at radius 1 is 1.54 bits per heavy atom. The molecule has 1 aromatic heterocycles. The fourth-order valence-electron chi connectivity index (χ4n) is 0.725. The summed E-state index contributed by atoms with van der Waals surface area (Å²) < 4.78 is 36.7. The van der Waals surface area contributed by atoms with Gasteiger partial charge >= 0.3 is 6.18 Å². The lowest BCUT2D eigenvalue weighted by atomic mass is 10.3. The van der Waals surface area contributed by atoms with E-state index in [9.17, 15) is 18.0 Å². The van der Waals surface area contributed by atoms with Gasteiger partial charge in [0.25, 0.3) is 0 Å². The number of thiazole rings is 1. The minimum atomic E-state index is -4.51. The molecular formula is C6H3BrF3NOS. The van der Waals surface area contributed by atoms with E-state index >= 15 is 0 Å². The van der Waals surface area contributed by atoms with E-state index in [1.165, 1.54) is 0 Å². The predicted octanol–water partition coefficient (Wildman–Crippen LogP) is 3.13. The first-order valence-corrected chi connectivity index (χ1v) is 4.68. The van der Waals surface area contributed by atoms with Crippen LogP contribution in [-0.4, -0.2) is 10.8 Å². The van der Waals surface area contributed by atoms with E-state index in [1.807, 2.05) is 0 Å². The molecule has 0 unspecified atom stereocenters. The maximum atomic E-state index is 12.2. The van der Waals surface area contributed by atoms with Gasteiger partial charge in [-0.1, -0.05) is 0 Å². The maximum Gasteiger partial charge on any atom is 0.427 e. The normalized spacial score (nSPS) is 11.8. The van der Waals surface area contributed by atoms with Gasteiger partial charge in [0.05, 0.1) is 0 Å². The van der Waals surface area contributed by atoms with Crippen molar-refractivity contribution in [1.29, 1.82) is 0 Å². The number of ketones is 1. The molecule has 0 aliphatic heterocycles. The number of carbonyl (C=O) groups excluding carboxylic acids is 1. The Labute approximate surface area is 83.9 Å². The molecule has 0 amide bonds. The van der Waals surface area contributed by atoms with Crippen molar-refractivity contribution in [3.63, 3.8) is 0 Å². The van der Waals surface area contributed by atoms with Crippen molar-refractivity contribution < 1.29 is 18.0 Å². The topological polar surface area (TPSA) is 30.0 Å². The summed E-state index contributed by atoms with van der Waals surface area (Å²) in [4.78, 5) is 13.2. The van der Waals surface area contributed by atoms with Crippen LogP contribution in [0.4, 0.5) is 13.2 Å². The molecule has 0 fully saturated rings. The van der Waals surface area contributed by atoms with Crippen molar-refractivity contribution in [2.75, 3.05) is 0 Å². The Hall–Kier alpha value is -0.430. The van der Waals surface area contributed by atoms with Crippen LogP contribution in [0.2, 0.25) is 0 Å². The van der Waals surface area contributed by atoms with E-state index in [2.05, 4.69) is 20.9 Å². The van der Waals surface area contributed by atoms with Gasteiger partial charge in [0.15, 0.2) is 9.70 Å². The molecule has 0 aromatic carbocycles. The number of hydrogen-bond acceptors (Lipinski definition) is 3. The number of nitrogens with zero attached hydrogens (tertiary/aromatic N) is 1. The second-order valence-corrected chi connectivity index (χ2v) is 4.47. The molecule has 72 valence electrons. The van der Waals surface area contributed by atoms with Gasteiger partial charge in [0.2, 0.25) is 0 Å². The number of alkyl halides is 3. The molecule has 7 heteroatoms. The predicted molar refractivity (Wildman–Crippen MR) is 44.8 cm³/mol. The van der Waals surface area contributed by atoms with E-state index in [0.717, 1.165) is 6.92 Å². The second-order valence-electron chi connectivity index (χ2n) is 2.20. The van der Waals surface area contributed by atoms with Crippen molar-refractivity contribution in [3.8, 4) is 0 Å². The zero-order valence-corrected chi connectivity index (χ0v) is 8.68. The number of halogens is 4. The average Bonchev–Trinajstić information content (AvgIpc) is 2.29. The summed E-state index contributed by atoms with van der Waals surface area (Å²) >= 11 is 3.21. The molecule has 1 rings (SSSR count). The summed E-state index contributed by atoms with van der Waals surface area (Å²) in [7, 11) is 0. The average molecular weight is 274 g/mol. The van der Waals surface area contributed by atoms with Crippen LogP contribution < -0.4 is 0 Å². The Kier molecular flexibility index (Phi) is 2.76. The van der Waals surface area contributed by atoms with Crippen LogP contribution in [0.3, 0.4) is 0 Å². The van der Waals surface area contributed by atoms with Crippen molar-refractivity contribution in [1.82, 2.24) is 4.98 Å². The summed E-state index contributed by atoms with van der Waals surface area (Å²) in [6.07, 6.45) is -4.51. The number of hydrogen-bond donors (Lipinski definition) is 0. The van der Waals surface area contributed by atoms with E-state index in [4.69, 9.17) is 0 Å². The van der Waals surface area contributed by atoms with Crippen LogP contribution in [0.15, 0.2) is 3.92 Å². The summed E-state index contributed by atoms with van der Waals surface area (Å²) in [5, 5.41) is 0. The standard InChI is InChI=1S/C6H3BrF3NOS/c1-2(12)3-4(6(8,9)10)13-5(7)11-3/h1H3. The Morgan fingerprint density at radius 2 is 2.08 bits per heavy atom. The fourth-order valence-corrected chi connectivity index (χ4v) is 2.09. The van der Waals surface area contributed by atoms with Crippen LogP contribution in [-0.2, 0) is 6.18 Å². The molecule has 0 bridgehead atoms. The highest BCUT2D eigenvalue weighted by Gasteiger charge is 2.38. The zero-order chi connectivity index (χ0) is 10.2. The van der Waals surface area contributed by atoms with Crippen LogP contribution in [0.5, 0.6) is 0 Å². The highest BCUT2D eigenvalue weighted by molar-refractivity contribution is 9.11. The Balaban J connectivity index is 3.28. The molecule has 0 N–H and O–H groups in total. The molecule has 1 aromatic rings. The van der Waals surface area contributed by atoms with E-state index in [-0.39, 0.29) is 3.92 Å². The van der Waals surface area contributed by atoms with Crippen molar-refractivity contribution in [2.24, 2.45) is 0 Å². The molecule has 0 aliphatic rings. The van der Waals surface area contributed by atoms with E-state index in [1.54, 1.807) is 0 Å². The first kappa shape index (κ1) is 10.6. The minimum Gasteiger partial charge on any atom is -0.293 e. The van der Waals surface area contributed by atoms with Gasteiger partial charge < -0.3 is 0 Å². The van der Waals surface area contributed by atoms with Crippen LogP contribution >= 0.6 is 27.3 Å². The highest BCUT2D eigenvalue weighted by atomic mass is 79.9.